The Bertz CT molecular complexity index is 1110. The van der Waals surface area contributed by atoms with Crippen LogP contribution in [-0.4, -0.2) is 45.1 Å². The van der Waals surface area contributed by atoms with E-state index in [0.717, 1.165) is 0 Å². The van der Waals surface area contributed by atoms with E-state index in [2.05, 4.69) is 9.97 Å². The number of hydrogen-bond acceptors (Lipinski definition) is 6. The van der Waals surface area contributed by atoms with Crippen molar-refractivity contribution in [3.63, 3.8) is 0 Å². The van der Waals surface area contributed by atoms with Crippen LogP contribution >= 0.6 is 0 Å². The van der Waals surface area contributed by atoms with Crippen molar-refractivity contribution in [2.24, 2.45) is 0 Å². The van der Waals surface area contributed by atoms with Crippen molar-refractivity contribution in [2.45, 2.75) is 39.2 Å². The van der Waals surface area contributed by atoms with Crippen molar-refractivity contribution in [1.29, 1.82) is 0 Å². The number of nitrogens with zero attached hydrogens (tertiary/aromatic N) is 4. The maximum atomic E-state index is 13.9. The number of fused-ring (bicyclic) bond motifs is 1. The van der Waals surface area contributed by atoms with Crippen LogP contribution in [0.5, 0.6) is 0 Å². The molecule has 3 aromatic rings. The van der Waals surface area contributed by atoms with Crippen LogP contribution in [0.3, 0.4) is 0 Å². The molecule has 1 aliphatic heterocycles. The number of anilines is 1. The second-order valence-corrected chi connectivity index (χ2v) is 8.35. The van der Waals surface area contributed by atoms with Gasteiger partial charge in [0.05, 0.1) is 11.2 Å². The molecule has 30 heavy (non-hydrogen) atoms. The van der Waals surface area contributed by atoms with Crippen LogP contribution in [0.2, 0.25) is 0 Å². The lowest BCUT2D eigenvalue weighted by atomic mass is 10.1. The summed E-state index contributed by atoms with van der Waals surface area (Å²) >= 11 is 0. The summed E-state index contributed by atoms with van der Waals surface area (Å²) in [6.07, 6.45) is 3.64. The Hall–Kier alpha value is -3.29. The fourth-order valence-electron chi connectivity index (χ4n) is 3.46. The first kappa shape index (κ1) is 20.0. The first-order valence-corrected chi connectivity index (χ1v) is 9.85. The van der Waals surface area contributed by atoms with E-state index in [9.17, 15) is 14.0 Å². The second kappa shape index (κ2) is 7.51. The highest BCUT2D eigenvalue weighted by Crippen LogP contribution is 2.30. The summed E-state index contributed by atoms with van der Waals surface area (Å²) in [6.45, 7) is 6.51. The minimum absolute atomic E-state index is 0.247. The molecule has 1 fully saturated rings. The number of benzene rings is 1. The lowest BCUT2D eigenvalue weighted by molar-refractivity contribution is -0.119. The van der Waals surface area contributed by atoms with Crippen molar-refractivity contribution in [3.05, 3.63) is 42.5 Å². The molecule has 0 atom stereocenters. The van der Waals surface area contributed by atoms with Gasteiger partial charge in [-0.3, -0.25) is 4.79 Å². The van der Waals surface area contributed by atoms with Crippen LogP contribution in [0.25, 0.3) is 22.2 Å². The number of carbonyl (C=O) groups is 2. The molecule has 0 spiro atoms. The van der Waals surface area contributed by atoms with Gasteiger partial charge in [-0.2, -0.15) is 0 Å². The Balaban J connectivity index is 1.73. The highest BCUT2D eigenvalue weighted by Gasteiger charge is 2.24. The molecule has 8 heteroatoms. The van der Waals surface area contributed by atoms with Crippen molar-refractivity contribution >= 4 is 28.7 Å². The lowest BCUT2D eigenvalue weighted by Crippen LogP contribution is -2.34. The fraction of sp³-hybridized carbons (Fsp3) is 0.364. The number of ketones is 1. The summed E-state index contributed by atoms with van der Waals surface area (Å²) in [4.78, 5) is 35.2. The third-order valence-electron chi connectivity index (χ3n) is 4.88. The van der Waals surface area contributed by atoms with E-state index in [4.69, 9.17) is 4.74 Å². The predicted molar refractivity (Wildman–Crippen MR) is 111 cm³/mol. The number of halogens is 1. The summed E-state index contributed by atoms with van der Waals surface area (Å²) in [5.74, 6) is 0.345. The molecule has 0 bridgehead atoms. The zero-order chi connectivity index (χ0) is 21.5. The average molecular weight is 410 g/mol. The predicted octanol–water partition coefficient (Wildman–Crippen LogP) is 4.19. The van der Waals surface area contributed by atoms with E-state index in [1.54, 1.807) is 45.3 Å². The number of piperidine rings is 1. The zero-order valence-corrected chi connectivity index (χ0v) is 17.2. The van der Waals surface area contributed by atoms with Crippen molar-refractivity contribution in [2.75, 3.05) is 18.0 Å². The summed E-state index contributed by atoms with van der Waals surface area (Å²) in [5, 5.41) is 0.705. The molecule has 1 saturated heterocycles. The van der Waals surface area contributed by atoms with Gasteiger partial charge in [0.25, 0.3) is 0 Å². The number of Topliss-reactive ketones (excluding diaryl/α,β-unsaturated/α-hetero) is 1. The first-order valence-electron chi connectivity index (χ1n) is 9.85. The van der Waals surface area contributed by atoms with Gasteiger partial charge in [-0.1, -0.05) is 0 Å². The molecule has 7 nitrogen and oxygen atoms in total. The van der Waals surface area contributed by atoms with Gasteiger partial charge in [-0.05, 0) is 45.0 Å². The van der Waals surface area contributed by atoms with E-state index in [1.807, 2.05) is 4.90 Å². The molecule has 0 radical (unpaired) electrons. The van der Waals surface area contributed by atoms with Gasteiger partial charge in [-0.25, -0.2) is 23.7 Å². The quantitative estimate of drug-likeness (QED) is 0.630. The normalized spacial score (nSPS) is 14.9. The highest BCUT2D eigenvalue weighted by molar-refractivity contribution is 5.96. The van der Waals surface area contributed by atoms with Crippen LogP contribution in [0.1, 0.15) is 33.6 Å². The Morgan fingerprint density at radius 2 is 1.77 bits per heavy atom. The topological polar surface area (TPSA) is 77.3 Å². The van der Waals surface area contributed by atoms with Crippen LogP contribution in [0.15, 0.2) is 36.7 Å². The zero-order valence-electron chi connectivity index (χ0n) is 17.2. The molecule has 0 unspecified atom stereocenters. The second-order valence-electron chi connectivity index (χ2n) is 8.35. The van der Waals surface area contributed by atoms with Gasteiger partial charge in [0.2, 0.25) is 5.95 Å². The van der Waals surface area contributed by atoms with Crippen LogP contribution < -0.4 is 4.90 Å². The molecule has 1 aromatic carbocycles. The molecule has 156 valence electrons. The Morgan fingerprint density at radius 1 is 1.10 bits per heavy atom. The standard InChI is InChI=1S/C22H23FN4O3/c1-22(2,3)30-21(29)27-18(10-14-4-5-16(23)11-19(14)27)15-12-24-20(25-13-15)26-8-6-17(28)7-9-26/h4-5,10-13H,6-9H2,1-3H3. The van der Waals surface area contributed by atoms with Gasteiger partial charge >= 0.3 is 6.09 Å². The van der Waals surface area contributed by atoms with Gasteiger partial charge in [-0.15, -0.1) is 0 Å². The van der Waals surface area contributed by atoms with Gasteiger partial charge in [0, 0.05) is 49.3 Å². The molecule has 4 rings (SSSR count). The smallest absolute Gasteiger partial charge is 0.419 e. The molecule has 0 saturated carbocycles. The number of hydrogen-bond donors (Lipinski definition) is 0. The van der Waals surface area contributed by atoms with Crippen molar-refractivity contribution in [3.8, 4) is 11.3 Å². The van der Waals surface area contributed by atoms with Crippen molar-refractivity contribution in [1.82, 2.24) is 14.5 Å². The average Bonchev–Trinajstić information content (AvgIpc) is 3.06. The van der Waals surface area contributed by atoms with E-state index in [0.29, 0.717) is 54.0 Å². The third-order valence-corrected chi connectivity index (χ3v) is 4.88. The van der Waals surface area contributed by atoms with Gasteiger partial charge in [0.15, 0.2) is 0 Å². The molecule has 3 heterocycles. The molecule has 0 amide bonds. The van der Waals surface area contributed by atoms with Crippen LogP contribution in [0.4, 0.5) is 15.1 Å². The Labute approximate surface area is 173 Å². The van der Waals surface area contributed by atoms with Crippen molar-refractivity contribution < 1.29 is 18.7 Å². The van der Waals surface area contributed by atoms with E-state index < -0.39 is 17.5 Å². The summed E-state index contributed by atoms with van der Waals surface area (Å²) < 4.78 is 20.8. The van der Waals surface area contributed by atoms with E-state index >= 15 is 0 Å². The summed E-state index contributed by atoms with van der Waals surface area (Å²) in [7, 11) is 0. The SMILES string of the molecule is CC(C)(C)OC(=O)n1c(-c2cnc(N3CCC(=O)CC3)nc2)cc2ccc(F)cc21. The molecule has 1 aliphatic rings. The first-order chi connectivity index (χ1) is 14.2. The number of rotatable bonds is 2. The monoisotopic (exact) mass is 410 g/mol. The van der Waals surface area contributed by atoms with Gasteiger partial charge < -0.3 is 9.64 Å². The van der Waals surface area contributed by atoms with Crippen LogP contribution in [0, 0.1) is 5.82 Å². The molecular formula is C22H23FN4O3. The molecular weight excluding hydrogens is 387 g/mol. The van der Waals surface area contributed by atoms with E-state index in [1.165, 1.54) is 16.7 Å². The minimum Gasteiger partial charge on any atom is -0.443 e. The third kappa shape index (κ3) is 4.03. The number of carbonyl (C=O) groups excluding carboxylic acids is 2. The lowest BCUT2D eigenvalue weighted by Gasteiger charge is -2.25. The molecule has 0 aliphatic carbocycles. The van der Waals surface area contributed by atoms with E-state index in [-0.39, 0.29) is 5.78 Å². The Kier molecular flexibility index (Phi) is 5.01. The summed E-state index contributed by atoms with van der Waals surface area (Å²) in [6, 6.07) is 6.07. The maximum absolute atomic E-state index is 13.9. The number of aromatic nitrogens is 3. The summed E-state index contributed by atoms with van der Waals surface area (Å²) in [5.41, 5.74) is 0.835. The minimum atomic E-state index is -0.704. The Morgan fingerprint density at radius 3 is 2.40 bits per heavy atom. The maximum Gasteiger partial charge on any atom is 0.419 e. The fourth-order valence-corrected chi connectivity index (χ4v) is 3.46. The largest absolute Gasteiger partial charge is 0.443 e. The number of ether oxygens (including phenoxy) is 1. The highest BCUT2D eigenvalue weighted by atomic mass is 19.1. The van der Waals surface area contributed by atoms with Crippen LogP contribution in [-0.2, 0) is 9.53 Å². The van der Waals surface area contributed by atoms with Gasteiger partial charge in [0.1, 0.15) is 17.2 Å². The molecule has 0 N–H and O–H groups in total. The molecule has 2 aromatic heterocycles.